The van der Waals surface area contributed by atoms with E-state index < -0.39 is 0 Å². The lowest BCUT2D eigenvalue weighted by atomic mass is 10.2. The number of hydrogen-bond donors (Lipinski definition) is 0. The molecule has 0 aliphatic rings. The topological polar surface area (TPSA) is 48.6 Å². The van der Waals surface area contributed by atoms with Crippen molar-refractivity contribution < 1.29 is 10.3 Å². The van der Waals surface area contributed by atoms with E-state index in [1.165, 1.54) is 19.3 Å². The standard InChI is InChI=1S/C7H14O.H2O/c1-2-3-4-5-6-7-8;/h7H,2-6H2,1H3;1H2. The number of aldehydes is 1. The van der Waals surface area contributed by atoms with Gasteiger partial charge in [-0.25, -0.2) is 0 Å². The van der Waals surface area contributed by atoms with Gasteiger partial charge in [0.25, 0.3) is 0 Å². The van der Waals surface area contributed by atoms with Crippen LogP contribution in [0.1, 0.15) is 39.0 Å². The maximum Gasteiger partial charge on any atom is 0.119 e. The Hall–Kier alpha value is -0.370. The normalized spacial score (nSPS) is 8.11. The molecule has 0 aromatic carbocycles. The summed E-state index contributed by atoms with van der Waals surface area (Å²) in [7, 11) is 0. The van der Waals surface area contributed by atoms with Crippen molar-refractivity contribution in [3.63, 3.8) is 0 Å². The lowest BCUT2D eigenvalue weighted by Crippen LogP contribution is -1.76. The molecule has 56 valence electrons. The van der Waals surface area contributed by atoms with E-state index in [2.05, 4.69) is 6.92 Å². The minimum absolute atomic E-state index is 0. The van der Waals surface area contributed by atoms with Gasteiger partial charge < -0.3 is 10.3 Å². The Morgan fingerprint density at radius 1 is 1.22 bits per heavy atom. The summed E-state index contributed by atoms with van der Waals surface area (Å²) in [5, 5.41) is 0. The largest absolute Gasteiger partial charge is 0.412 e. The molecular formula is C7H16O2. The van der Waals surface area contributed by atoms with Gasteiger partial charge in [0, 0.05) is 6.42 Å². The lowest BCUT2D eigenvalue weighted by molar-refractivity contribution is -0.107. The molecule has 0 aliphatic carbocycles. The molecule has 0 rings (SSSR count). The highest BCUT2D eigenvalue weighted by atomic mass is 16.1. The van der Waals surface area contributed by atoms with E-state index in [1.54, 1.807) is 0 Å². The molecule has 0 saturated carbocycles. The zero-order valence-corrected chi connectivity index (χ0v) is 6.02. The summed E-state index contributed by atoms with van der Waals surface area (Å²) in [6.07, 6.45) is 6.56. The first-order valence-electron chi connectivity index (χ1n) is 3.35. The Balaban J connectivity index is 0. The predicted molar refractivity (Wildman–Crippen MR) is 38.4 cm³/mol. The van der Waals surface area contributed by atoms with Gasteiger partial charge in [-0.3, -0.25) is 0 Å². The minimum atomic E-state index is 0. The Morgan fingerprint density at radius 3 is 2.33 bits per heavy atom. The van der Waals surface area contributed by atoms with Crippen molar-refractivity contribution in [3.8, 4) is 0 Å². The molecule has 0 unspecified atom stereocenters. The summed E-state index contributed by atoms with van der Waals surface area (Å²) in [5.41, 5.74) is 0. The third-order valence-corrected chi connectivity index (χ3v) is 1.18. The number of rotatable bonds is 5. The first-order valence-corrected chi connectivity index (χ1v) is 3.35. The zero-order chi connectivity index (χ0) is 6.24. The van der Waals surface area contributed by atoms with Crippen LogP contribution in [0.2, 0.25) is 0 Å². The molecule has 2 N–H and O–H groups in total. The van der Waals surface area contributed by atoms with Crippen LogP contribution in [0.4, 0.5) is 0 Å². The summed E-state index contributed by atoms with van der Waals surface area (Å²) >= 11 is 0. The number of carbonyl (C=O) groups is 1. The third-order valence-electron chi connectivity index (χ3n) is 1.18. The molecule has 0 spiro atoms. The van der Waals surface area contributed by atoms with Crippen molar-refractivity contribution in [1.82, 2.24) is 0 Å². The highest BCUT2D eigenvalue weighted by molar-refractivity contribution is 5.48. The zero-order valence-electron chi connectivity index (χ0n) is 6.02. The van der Waals surface area contributed by atoms with Crippen LogP contribution < -0.4 is 0 Å². The average molecular weight is 132 g/mol. The summed E-state index contributed by atoms with van der Waals surface area (Å²) in [5.74, 6) is 0. The Morgan fingerprint density at radius 2 is 1.89 bits per heavy atom. The molecule has 0 aromatic rings. The molecule has 0 atom stereocenters. The van der Waals surface area contributed by atoms with E-state index in [-0.39, 0.29) is 5.48 Å². The molecule has 0 amide bonds. The third kappa shape index (κ3) is 11.3. The van der Waals surface area contributed by atoms with Gasteiger partial charge in [0.05, 0.1) is 0 Å². The highest BCUT2D eigenvalue weighted by Gasteiger charge is 1.83. The van der Waals surface area contributed by atoms with Crippen LogP contribution >= 0.6 is 0 Å². The van der Waals surface area contributed by atoms with Crippen molar-refractivity contribution >= 4 is 6.29 Å². The fourth-order valence-corrected chi connectivity index (χ4v) is 0.654. The van der Waals surface area contributed by atoms with Crippen molar-refractivity contribution in [3.05, 3.63) is 0 Å². The van der Waals surface area contributed by atoms with Gasteiger partial charge >= 0.3 is 0 Å². The van der Waals surface area contributed by atoms with Crippen LogP contribution in [0.15, 0.2) is 0 Å². The number of unbranched alkanes of at least 4 members (excludes halogenated alkanes) is 4. The second-order valence-corrected chi connectivity index (χ2v) is 2.02. The quantitative estimate of drug-likeness (QED) is 0.411. The smallest absolute Gasteiger partial charge is 0.119 e. The Labute approximate surface area is 56.6 Å². The van der Waals surface area contributed by atoms with E-state index in [0.29, 0.717) is 0 Å². The van der Waals surface area contributed by atoms with Gasteiger partial charge in [0.1, 0.15) is 6.29 Å². The van der Waals surface area contributed by atoms with Crippen LogP contribution in [0.3, 0.4) is 0 Å². The molecular weight excluding hydrogens is 116 g/mol. The fraction of sp³-hybridized carbons (Fsp3) is 0.857. The average Bonchev–Trinajstić information content (AvgIpc) is 1.81. The predicted octanol–water partition coefficient (Wildman–Crippen LogP) is 1.33. The van der Waals surface area contributed by atoms with E-state index in [0.717, 1.165) is 19.1 Å². The molecule has 0 radical (unpaired) electrons. The van der Waals surface area contributed by atoms with Gasteiger partial charge in [0.15, 0.2) is 0 Å². The van der Waals surface area contributed by atoms with Crippen LogP contribution in [0, 0.1) is 0 Å². The molecule has 0 fully saturated rings. The van der Waals surface area contributed by atoms with Gasteiger partial charge in [-0.15, -0.1) is 0 Å². The second kappa shape index (κ2) is 10.6. The monoisotopic (exact) mass is 132 g/mol. The second-order valence-electron chi connectivity index (χ2n) is 2.02. The fourth-order valence-electron chi connectivity index (χ4n) is 0.654. The highest BCUT2D eigenvalue weighted by Crippen LogP contribution is 1.99. The summed E-state index contributed by atoms with van der Waals surface area (Å²) in [6, 6.07) is 0. The van der Waals surface area contributed by atoms with Gasteiger partial charge in [-0.2, -0.15) is 0 Å². The Bertz CT molecular complexity index is 52.9. The van der Waals surface area contributed by atoms with E-state index in [4.69, 9.17) is 0 Å². The molecule has 0 aliphatic heterocycles. The summed E-state index contributed by atoms with van der Waals surface area (Å²) in [6.45, 7) is 2.17. The first kappa shape index (κ1) is 11.4. The molecule has 2 heteroatoms. The SMILES string of the molecule is CCCCCCC=O.O. The van der Waals surface area contributed by atoms with E-state index in [1.807, 2.05) is 0 Å². The lowest BCUT2D eigenvalue weighted by Gasteiger charge is -1.90. The van der Waals surface area contributed by atoms with Gasteiger partial charge in [0.2, 0.25) is 0 Å². The Kier molecular flexibility index (Phi) is 13.4. The molecule has 0 bridgehead atoms. The molecule has 0 heterocycles. The maximum atomic E-state index is 9.77. The van der Waals surface area contributed by atoms with E-state index in [9.17, 15) is 4.79 Å². The number of carbonyl (C=O) groups excluding carboxylic acids is 1. The van der Waals surface area contributed by atoms with Crippen LogP contribution in [-0.4, -0.2) is 11.8 Å². The van der Waals surface area contributed by atoms with Crippen molar-refractivity contribution in [2.75, 3.05) is 0 Å². The van der Waals surface area contributed by atoms with Crippen molar-refractivity contribution in [1.29, 1.82) is 0 Å². The van der Waals surface area contributed by atoms with Crippen molar-refractivity contribution in [2.45, 2.75) is 39.0 Å². The molecule has 9 heavy (non-hydrogen) atoms. The van der Waals surface area contributed by atoms with Gasteiger partial charge in [-0.1, -0.05) is 26.2 Å². The molecule has 2 nitrogen and oxygen atoms in total. The van der Waals surface area contributed by atoms with Crippen LogP contribution in [0.5, 0.6) is 0 Å². The van der Waals surface area contributed by atoms with E-state index >= 15 is 0 Å². The summed E-state index contributed by atoms with van der Waals surface area (Å²) in [4.78, 5) is 9.77. The van der Waals surface area contributed by atoms with Crippen LogP contribution in [0.25, 0.3) is 0 Å². The van der Waals surface area contributed by atoms with Crippen molar-refractivity contribution in [2.24, 2.45) is 0 Å². The molecule has 0 aromatic heterocycles. The summed E-state index contributed by atoms with van der Waals surface area (Å²) < 4.78 is 0. The first-order chi connectivity index (χ1) is 3.91. The minimum Gasteiger partial charge on any atom is -0.412 e. The number of hydrogen-bond acceptors (Lipinski definition) is 1. The maximum absolute atomic E-state index is 9.77. The van der Waals surface area contributed by atoms with Gasteiger partial charge in [-0.05, 0) is 6.42 Å². The molecule has 0 saturated heterocycles. The van der Waals surface area contributed by atoms with Crippen LogP contribution in [-0.2, 0) is 4.79 Å².